The van der Waals surface area contributed by atoms with Crippen LogP contribution in [0.15, 0.2) is 72.8 Å². The molecule has 0 aliphatic carbocycles. The molecule has 3 aromatic rings. The van der Waals surface area contributed by atoms with Gasteiger partial charge in [0.25, 0.3) is 5.91 Å². The first-order valence-corrected chi connectivity index (χ1v) is 10.6. The fraction of sp³-hybridized carbons (Fsp3) is 0.160. The number of carbonyl (C=O) groups excluding carboxylic acids is 3. The summed E-state index contributed by atoms with van der Waals surface area (Å²) in [4.78, 5) is 39.6. The van der Waals surface area contributed by atoms with Crippen LogP contribution in [-0.4, -0.2) is 24.3 Å². The maximum Gasteiger partial charge on any atom is 0.255 e. The van der Waals surface area contributed by atoms with Crippen molar-refractivity contribution in [3.8, 4) is 0 Å². The SMILES string of the molecule is Cc1c(Cl)cccc1NC(=O)[C@@H]1CC(=O)N(c2cccc(C(=O)Nc3ccccc3)c2)C1. The fourth-order valence-electron chi connectivity index (χ4n) is 3.65. The van der Waals surface area contributed by atoms with Gasteiger partial charge in [0.05, 0.1) is 5.92 Å². The molecular formula is C25H22ClN3O3. The highest BCUT2D eigenvalue weighted by Crippen LogP contribution is 2.28. The number of para-hydroxylation sites is 1. The molecular weight excluding hydrogens is 426 g/mol. The van der Waals surface area contributed by atoms with E-state index < -0.39 is 5.92 Å². The van der Waals surface area contributed by atoms with Crippen molar-refractivity contribution in [3.05, 3.63) is 88.9 Å². The van der Waals surface area contributed by atoms with E-state index in [0.717, 1.165) is 5.56 Å². The third-order valence-electron chi connectivity index (χ3n) is 5.47. The van der Waals surface area contributed by atoms with Gasteiger partial charge in [0.15, 0.2) is 0 Å². The van der Waals surface area contributed by atoms with E-state index in [2.05, 4.69) is 10.6 Å². The number of hydrogen-bond donors (Lipinski definition) is 2. The van der Waals surface area contributed by atoms with Crippen LogP contribution >= 0.6 is 11.6 Å². The van der Waals surface area contributed by atoms with Gasteiger partial charge in [0.1, 0.15) is 0 Å². The third kappa shape index (κ3) is 4.65. The summed E-state index contributed by atoms with van der Waals surface area (Å²) in [5.74, 6) is -1.16. The number of rotatable bonds is 5. The minimum atomic E-state index is -0.498. The summed E-state index contributed by atoms with van der Waals surface area (Å²) >= 11 is 6.13. The molecule has 0 saturated carbocycles. The first kappa shape index (κ1) is 21.6. The molecule has 3 amide bonds. The molecule has 0 spiro atoms. The van der Waals surface area contributed by atoms with Crippen LogP contribution in [-0.2, 0) is 9.59 Å². The molecule has 1 atom stereocenters. The van der Waals surface area contributed by atoms with Gasteiger partial charge in [-0.15, -0.1) is 0 Å². The molecule has 4 rings (SSSR count). The van der Waals surface area contributed by atoms with Gasteiger partial charge < -0.3 is 15.5 Å². The number of amides is 3. The lowest BCUT2D eigenvalue weighted by atomic mass is 10.1. The molecule has 0 aromatic heterocycles. The number of halogens is 1. The Morgan fingerprint density at radius 2 is 1.72 bits per heavy atom. The minimum absolute atomic E-state index is 0.103. The summed E-state index contributed by atoms with van der Waals surface area (Å²) in [7, 11) is 0. The topological polar surface area (TPSA) is 78.5 Å². The molecule has 1 fully saturated rings. The van der Waals surface area contributed by atoms with Gasteiger partial charge in [0, 0.05) is 40.6 Å². The Labute approximate surface area is 191 Å². The zero-order chi connectivity index (χ0) is 22.7. The fourth-order valence-corrected chi connectivity index (χ4v) is 3.82. The monoisotopic (exact) mass is 447 g/mol. The quantitative estimate of drug-likeness (QED) is 0.584. The Balaban J connectivity index is 1.46. The summed E-state index contributed by atoms with van der Waals surface area (Å²) in [6, 6.07) is 21.3. The highest BCUT2D eigenvalue weighted by molar-refractivity contribution is 6.31. The molecule has 162 valence electrons. The molecule has 1 aliphatic rings. The van der Waals surface area contributed by atoms with Gasteiger partial charge in [-0.2, -0.15) is 0 Å². The number of nitrogens with one attached hydrogen (secondary N) is 2. The first-order valence-electron chi connectivity index (χ1n) is 10.2. The molecule has 6 nitrogen and oxygen atoms in total. The number of carbonyl (C=O) groups is 3. The number of nitrogens with zero attached hydrogens (tertiary/aromatic N) is 1. The first-order chi connectivity index (χ1) is 15.4. The molecule has 2 N–H and O–H groups in total. The van der Waals surface area contributed by atoms with Crippen LogP contribution < -0.4 is 15.5 Å². The van der Waals surface area contributed by atoms with Crippen molar-refractivity contribution in [1.29, 1.82) is 0 Å². The predicted octanol–water partition coefficient (Wildman–Crippen LogP) is 4.89. The summed E-state index contributed by atoms with van der Waals surface area (Å²) in [6.07, 6.45) is 0.103. The van der Waals surface area contributed by atoms with Crippen molar-refractivity contribution in [2.75, 3.05) is 22.1 Å². The van der Waals surface area contributed by atoms with Gasteiger partial charge in [-0.25, -0.2) is 0 Å². The highest BCUT2D eigenvalue weighted by Gasteiger charge is 2.35. The average molecular weight is 448 g/mol. The minimum Gasteiger partial charge on any atom is -0.325 e. The van der Waals surface area contributed by atoms with Crippen LogP contribution in [0.25, 0.3) is 0 Å². The van der Waals surface area contributed by atoms with Crippen LogP contribution in [0.3, 0.4) is 0 Å². The summed E-state index contributed by atoms with van der Waals surface area (Å²) in [5.41, 5.74) is 3.12. The van der Waals surface area contributed by atoms with E-state index in [1.165, 1.54) is 0 Å². The molecule has 1 aliphatic heterocycles. The largest absolute Gasteiger partial charge is 0.325 e. The van der Waals surface area contributed by atoms with Crippen molar-refractivity contribution < 1.29 is 14.4 Å². The molecule has 7 heteroatoms. The van der Waals surface area contributed by atoms with Gasteiger partial charge >= 0.3 is 0 Å². The summed E-state index contributed by atoms with van der Waals surface area (Å²) in [5, 5.41) is 6.28. The van der Waals surface area contributed by atoms with Crippen LogP contribution in [0.2, 0.25) is 5.02 Å². The Bertz CT molecular complexity index is 1180. The van der Waals surface area contributed by atoms with Gasteiger partial charge in [-0.05, 0) is 55.0 Å². The molecule has 0 bridgehead atoms. The van der Waals surface area contributed by atoms with Crippen LogP contribution in [0.1, 0.15) is 22.3 Å². The summed E-state index contributed by atoms with van der Waals surface area (Å²) in [6.45, 7) is 2.07. The third-order valence-corrected chi connectivity index (χ3v) is 5.88. The van der Waals surface area contributed by atoms with Gasteiger partial charge in [-0.3, -0.25) is 14.4 Å². The van der Waals surface area contributed by atoms with E-state index in [4.69, 9.17) is 11.6 Å². The van der Waals surface area contributed by atoms with E-state index in [9.17, 15) is 14.4 Å². The lowest BCUT2D eigenvalue weighted by Crippen LogP contribution is -2.28. The van der Waals surface area contributed by atoms with Crippen molar-refractivity contribution in [1.82, 2.24) is 0 Å². The van der Waals surface area contributed by atoms with Crippen LogP contribution in [0, 0.1) is 12.8 Å². The standard InChI is InChI=1S/C25H22ClN3O3/c1-16-21(26)11-6-12-22(16)28-25(32)18-14-23(30)29(15-18)20-10-5-7-17(13-20)24(31)27-19-8-3-2-4-9-19/h2-13,18H,14-15H2,1H3,(H,27,31)(H,28,32)/t18-/m1/s1. The van der Waals surface area contributed by atoms with Crippen molar-refractivity contribution in [2.24, 2.45) is 5.92 Å². The average Bonchev–Trinajstić information content (AvgIpc) is 3.19. The van der Waals surface area contributed by atoms with Crippen LogP contribution in [0.5, 0.6) is 0 Å². The van der Waals surface area contributed by atoms with Crippen LogP contribution in [0.4, 0.5) is 17.1 Å². The molecule has 1 heterocycles. The predicted molar refractivity (Wildman–Crippen MR) is 126 cm³/mol. The van der Waals surface area contributed by atoms with Crippen molar-refractivity contribution in [2.45, 2.75) is 13.3 Å². The highest BCUT2D eigenvalue weighted by atomic mass is 35.5. The van der Waals surface area contributed by atoms with E-state index in [0.29, 0.717) is 27.6 Å². The second-order valence-electron chi connectivity index (χ2n) is 7.68. The van der Waals surface area contributed by atoms with E-state index in [1.807, 2.05) is 25.1 Å². The maximum atomic E-state index is 12.8. The van der Waals surface area contributed by atoms with E-state index >= 15 is 0 Å². The summed E-state index contributed by atoms with van der Waals surface area (Å²) < 4.78 is 0. The zero-order valence-corrected chi connectivity index (χ0v) is 18.2. The number of hydrogen-bond acceptors (Lipinski definition) is 3. The number of benzene rings is 3. The zero-order valence-electron chi connectivity index (χ0n) is 17.5. The molecule has 0 radical (unpaired) electrons. The lowest BCUT2D eigenvalue weighted by molar-refractivity contribution is -0.122. The van der Waals surface area contributed by atoms with E-state index in [-0.39, 0.29) is 30.7 Å². The number of anilines is 3. The lowest BCUT2D eigenvalue weighted by Gasteiger charge is -2.18. The second-order valence-corrected chi connectivity index (χ2v) is 8.08. The molecule has 3 aromatic carbocycles. The van der Waals surface area contributed by atoms with Gasteiger partial charge in [-0.1, -0.05) is 41.9 Å². The van der Waals surface area contributed by atoms with Gasteiger partial charge in [0.2, 0.25) is 11.8 Å². The molecule has 32 heavy (non-hydrogen) atoms. The van der Waals surface area contributed by atoms with Crippen molar-refractivity contribution >= 4 is 46.4 Å². The molecule has 1 saturated heterocycles. The normalized spacial score (nSPS) is 15.5. The molecule has 0 unspecified atom stereocenters. The smallest absolute Gasteiger partial charge is 0.255 e. The Kier molecular flexibility index (Phi) is 6.23. The second kappa shape index (κ2) is 9.24. The van der Waals surface area contributed by atoms with Crippen molar-refractivity contribution in [3.63, 3.8) is 0 Å². The van der Waals surface area contributed by atoms with E-state index in [1.54, 1.807) is 59.5 Å². The Morgan fingerprint density at radius 3 is 2.50 bits per heavy atom. The Hall–Kier alpha value is -3.64. The Morgan fingerprint density at radius 1 is 0.969 bits per heavy atom. The maximum absolute atomic E-state index is 12.8.